The minimum Gasteiger partial charge on any atom is -0.198 e. The highest BCUT2D eigenvalue weighted by Gasteiger charge is 2.46. The molecule has 0 heterocycles. The number of rotatable bonds is 1. The van der Waals surface area contributed by atoms with Gasteiger partial charge in [0.1, 0.15) is 0 Å². The monoisotopic (exact) mass is 227 g/mol. The molecule has 3 aliphatic rings. The molecule has 0 radical (unpaired) electrons. The number of nitriles is 1. The molecule has 0 saturated heterocycles. The SMILES string of the molecule is N#CC1(CBr)CC2CCC1CC2. The van der Waals surface area contributed by atoms with E-state index in [-0.39, 0.29) is 5.41 Å². The Morgan fingerprint density at radius 3 is 2.25 bits per heavy atom. The lowest BCUT2D eigenvalue weighted by atomic mass is 9.57. The maximum atomic E-state index is 9.18. The van der Waals surface area contributed by atoms with Gasteiger partial charge >= 0.3 is 0 Å². The van der Waals surface area contributed by atoms with Crippen molar-refractivity contribution in [3.63, 3.8) is 0 Å². The molecule has 0 spiro atoms. The second-order valence-electron chi connectivity index (χ2n) is 4.32. The van der Waals surface area contributed by atoms with E-state index >= 15 is 0 Å². The van der Waals surface area contributed by atoms with E-state index in [9.17, 15) is 5.26 Å². The van der Waals surface area contributed by atoms with E-state index in [4.69, 9.17) is 0 Å². The first-order valence-corrected chi connectivity index (χ1v) is 5.90. The molecule has 3 rings (SSSR count). The predicted molar refractivity (Wildman–Crippen MR) is 51.9 cm³/mol. The summed E-state index contributed by atoms with van der Waals surface area (Å²) < 4.78 is 0. The van der Waals surface area contributed by atoms with Gasteiger partial charge in [-0.3, -0.25) is 0 Å². The highest BCUT2D eigenvalue weighted by atomic mass is 79.9. The fraction of sp³-hybridized carbons (Fsp3) is 0.900. The van der Waals surface area contributed by atoms with Crippen LogP contribution in [0.5, 0.6) is 0 Å². The molecule has 12 heavy (non-hydrogen) atoms. The van der Waals surface area contributed by atoms with Crippen LogP contribution in [0, 0.1) is 28.6 Å². The van der Waals surface area contributed by atoms with Crippen molar-refractivity contribution in [3.8, 4) is 6.07 Å². The molecule has 0 aliphatic heterocycles. The molecule has 3 fully saturated rings. The Morgan fingerprint density at radius 2 is 2.00 bits per heavy atom. The summed E-state index contributed by atoms with van der Waals surface area (Å²) in [6.07, 6.45) is 6.50. The molecule has 66 valence electrons. The van der Waals surface area contributed by atoms with Crippen molar-refractivity contribution in [3.05, 3.63) is 0 Å². The molecule has 1 atom stereocenters. The third-order valence-corrected chi connectivity index (χ3v) is 4.74. The zero-order valence-corrected chi connectivity index (χ0v) is 8.81. The Kier molecular flexibility index (Phi) is 2.16. The van der Waals surface area contributed by atoms with Gasteiger partial charge in [-0.2, -0.15) is 5.26 Å². The molecule has 1 unspecified atom stereocenters. The minimum absolute atomic E-state index is 0.00116. The van der Waals surface area contributed by atoms with E-state index < -0.39 is 0 Å². The number of halogens is 1. The molecule has 2 heteroatoms. The maximum Gasteiger partial charge on any atom is 0.0701 e. The number of nitrogens with zero attached hydrogens (tertiary/aromatic N) is 1. The summed E-state index contributed by atoms with van der Waals surface area (Å²) in [5.41, 5.74) is 0.00116. The number of fused-ring (bicyclic) bond motifs is 3. The number of hydrogen-bond donors (Lipinski definition) is 0. The highest BCUT2D eigenvalue weighted by molar-refractivity contribution is 9.09. The molecule has 0 aromatic heterocycles. The van der Waals surface area contributed by atoms with Crippen LogP contribution in [0.25, 0.3) is 0 Å². The standard InChI is InChI=1S/C10H14BrN/c11-6-10(7-12)5-8-1-3-9(10)4-2-8/h8-9H,1-6H2. The topological polar surface area (TPSA) is 23.8 Å². The largest absolute Gasteiger partial charge is 0.198 e. The van der Waals surface area contributed by atoms with Gasteiger partial charge < -0.3 is 0 Å². The van der Waals surface area contributed by atoms with Gasteiger partial charge in [0.05, 0.1) is 11.5 Å². The first-order valence-electron chi connectivity index (χ1n) is 4.78. The Hall–Kier alpha value is -0.0300. The molecule has 2 bridgehead atoms. The van der Waals surface area contributed by atoms with Gasteiger partial charge in [0.25, 0.3) is 0 Å². The van der Waals surface area contributed by atoms with E-state index in [1.54, 1.807) is 0 Å². The molecule has 3 saturated carbocycles. The first kappa shape index (κ1) is 8.56. The van der Waals surface area contributed by atoms with E-state index in [0.717, 1.165) is 17.7 Å². The first-order chi connectivity index (χ1) is 5.80. The lowest BCUT2D eigenvalue weighted by Gasteiger charge is -2.47. The maximum absolute atomic E-state index is 9.18. The fourth-order valence-corrected chi connectivity index (χ4v) is 3.74. The third-order valence-electron chi connectivity index (χ3n) is 3.74. The summed E-state index contributed by atoms with van der Waals surface area (Å²) in [6.45, 7) is 0. The van der Waals surface area contributed by atoms with Crippen LogP contribution in [0.15, 0.2) is 0 Å². The van der Waals surface area contributed by atoms with Crippen molar-refractivity contribution in [2.45, 2.75) is 32.1 Å². The second-order valence-corrected chi connectivity index (χ2v) is 4.88. The zero-order valence-electron chi connectivity index (χ0n) is 7.22. The van der Waals surface area contributed by atoms with Crippen molar-refractivity contribution >= 4 is 15.9 Å². The average molecular weight is 228 g/mol. The molecule has 0 amide bonds. The Labute approximate surface area is 82.3 Å². The Balaban J connectivity index is 2.22. The van der Waals surface area contributed by atoms with Crippen molar-refractivity contribution in [2.24, 2.45) is 17.3 Å². The van der Waals surface area contributed by atoms with Crippen LogP contribution in [0.1, 0.15) is 32.1 Å². The van der Waals surface area contributed by atoms with Gasteiger partial charge in [0.2, 0.25) is 0 Å². The zero-order chi connectivity index (χ0) is 8.60. The summed E-state index contributed by atoms with van der Waals surface area (Å²) in [6, 6.07) is 2.55. The second kappa shape index (κ2) is 3.03. The van der Waals surface area contributed by atoms with Crippen LogP contribution in [0.2, 0.25) is 0 Å². The average Bonchev–Trinajstić information content (AvgIpc) is 2.19. The Bertz CT molecular complexity index is 212. The minimum atomic E-state index is 0.00116. The van der Waals surface area contributed by atoms with Crippen LogP contribution < -0.4 is 0 Å². The van der Waals surface area contributed by atoms with Gasteiger partial charge in [-0.15, -0.1) is 0 Å². The van der Waals surface area contributed by atoms with Crippen molar-refractivity contribution in [2.75, 3.05) is 5.33 Å². The lowest BCUT2D eigenvalue weighted by Crippen LogP contribution is -2.41. The lowest BCUT2D eigenvalue weighted by molar-refractivity contribution is 0.0645. The van der Waals surface area contributed by atoms with Gasteiger partial charge in [-0.25, -0.2) is 0 Å². The number of alkyl halides is 1. The van der Waals surface area contributed by atoms with Gasteiger partial charge in [0, 0.05) is 5.33 Å². The Morgan fingerprint density at radius 1 is 1.33 bits per heavy atom. The fourth-order valence-electron chi connectivity index (χ4n) is 2.93. The molecule has 0 aromatic carbocycles. The van der Waals surface area contributed by atoms with Crippen molar-refractivity contribution in [1.82, 2.24) is 0 Å². The van der Waals surface area contributed by atoms with E-state index in [1.807, 2.05) is 0 Å². The number of hydrogen-bond acceptors (Lipinski definition) is 1. The molecule has 0 N–H and O–H groups in total. The van der Waals surface area contributed by atoms with Gasteiger partial charge in [-0.05, 0) is 31.1 Å². The molecule has 3 aliphatic carbocycles. The normalized spacial score (nSPS) is 45.7. The smallest absolute Gasteiger partial charge is 0.0701 e. The van der Waals surface area contributed by atoms with Crippen LogP contribution in [-0.2, 0) is 0 Å². The summed E-state index contributed by atoms with van der Waals surface area (Å²) in [5, 5.41) is 10.1. The molecular weight excluding hydrogens is 214 g/mol. The van der Waals surface area contributed by atoms with Crippen molar-refractivity contribution in [1.29, 1.82) is 5.26 Å². The quantitative estimate of drug-likeness (QED) is 0.632. The van der Waals surface area contributed by atoms with Crippen molar-refractivity contribution < 1.29 is 0 Å². The summed E-state index contributed by atoms with van der Waals surface area (Å²) in [7, 11) is 0. The van der Waals surface area contributed by atoms with E-state index in [1.165, 1.54) is 25.7 Å². The van der Waals surface area contributed by atoms with E-state index in [0.29, 0.717) is 5.92 Å². The van der Waals surface area contributed by atoms with Crippen LogP contribution in [-0.4, -0.2) is 5.33 Å². The molecule has 1 nitrogen and oxygen atoms in total. The van der Waals surface area contributed by atoms with Crippen LogP contribution in [0.4, 0.5) is 0 Å². The third kappa shape index (κ3) is 1.10. The molecule has 0 aromatic rings. The van der Waals surface area contributed by atoms with Gasteiger partial charge in [-0.1, -0.05) is 28.8 Å². The predicted octanol–water partition coefficient (Wildman–Crippen LogP) is 3.10. The van der Waals surface area contributed by atoms with Crippen LogP contribution in [0.3, 0.4) is 0 Å². The molecular formula is C10H14BrN. The summed E-state index contributed by atoms with van der Waals surface area (Å²) in [4.78, 5) is 0. The summed E-state index contributed by atoms with van der Waals surface area (Å²) >= 11 is 3.51. The van der Waals surface area contributed by atoms with Gasteiger partial charge in [0.15, 0.2) is 0 Å². The summed E-state index contributed by atoms with van der Waals surface area (Å²) in [5.74, 6) is 1.54. The van der Waals surface area contributed by atoms with Crippen LogP contribution >= 0.6 is 15.9 Å². The highest BCUT2D eigenvalue weighted by Crippen LogP contribution is 2.52. The van der Waals surface area contributed by atoms with E-state index in [2.05, 4.69) is 22.0 Å².